The van der Waals surface area contributed by atoms with Gasteiger partial charge in [-0.05, 0) is 26.2 Å². The zero-order valence-corrected chi connectivity index (χ0v) is 19.8. The highest BCUT2D eigenvalue weighted by Gasteiger charge is 2.23. The van der Waals surface area contributed by atoms with Crippen molar-refractivity contribution in [3.8, 4) is 0 Å². The standard InChI is InChI=1S/C26H52N2/c1-4-7-9-11-13-14-15-16-18-20-22-26-27(6-3)24-25-28(26)23-21-19-17-12-10-8-5-2/h24-26H,4-23H2,1-3H3. The minimum Gasteiger partial charge on any atom is -0.356 e. The lowest BCUT2D eigenvalue weighted by Gasteiger charge is -2.32. The summed E-state index contributed by atoms with van der Waals surface area (Å²) in [6.07, 6.45) is 30.9. The van der Waals surface area contributed by atoms with Crippen molar-refractivity contribution in [1.29, 1.82) is 0 Å². The maximum absolute atomic E-state index is 2.63. The van der Waals surface area contributed by atoms with Crippen LogP contribution in [0.5, 0.6) is 0 Å². The van der Waals surface area contributed by atoms with Crippen LogP contribution in [0.2, 0.25) is 0 Å². The largest absolute Gasteiger partial charge is 0.356 e. The fourth-order valence-electron chi connectivity index (χ4n) is 4.50. The van der Waals surface area contributed by atoms with E-state index in [4.69, 9.17) is 0 Å². The van der Waals surface area contributed by atoms with Gasteiger partial charge >= 0.3 is 0 Å². The molecule has 1 aliphatic heterocycles. The Morgan fingerprint density at radius 3 is 1.43 bits per heavy atom. The summed E-state index contributed by atoms with van der Waals surface area (Å²) in [5.41, 5.74) is 0. The van der Waals surface area contributed by atoms with Crippen LogP contribution in [0.4, 0.5) is 0 Å². The fraction of sp³-hybridized carbons (Fsp3) is 0.923. The molecule has 28 heavy (non-hydrogen) atoms. The highest BCUT2D eigenvalue weighted by molar-refractivity contribution is 4.96. The molecule has 0 amide bonds. The first-order valence-electron chi connectivity index (χ1n) is 13.0. The van der Waals surface area contributed by atoms with E-state index in [0.29, 0.717) is 6.17 Å². The third-order valence-corrected chi connectivity index (χ3v) is 6.42. The average molecular weight is 393 g/mol. The maximum atomic E-state index is 2.63. The van der Waals surface area contributed by atoms with Crippen molar-refractivity contribution >= 4 is 0 Å². The van der Waals surface area contributed by atoms with Gasteiger partial charge in [-0.2, -0.15) is 0 Å². The second-order valence-corrected chi connectivity index (χ2v) is 8.94. The van der Waals surface area contributed by atoms with Crippen molar-refractivity contribution in [2.45, 2.75) is 143 Å². The van der Waals surface area contributed by atoms with Crippen LogP contribution >= 0.6 is 0 Å². The lowest BCUT2D eigenvalue weighted by atomic mass is 10.0. The summed E-state index contributed by atoms with van der Waals surface area (Å²) in [6.45, 7) is 9.30. The van der Waals surface area contributed by atoms with E-state index >= 15 is 0 Å². The molecule has 0 N–H and O–H groups in total. The Morgan fingerprint density at radius 1 is 0.500 bits per heavy atom. The molecule has 0 spiro atoms. The van der Waals surface area contributed by atoms with E-state index in [1.165, 1.54) is 122 Å². The van der Waals surface area contributed by atoms with Crippen LogP contribution in [-0.2, 0) is 0 Å². The van der Waals surface area contributed by atoms with Crippen LogP contribution in [0.1, 0.15) is 136 Å². The molecule has 0 fully saturated rings. The molecular weight excluding hydrogens is 340 g/mol. The molecule has 1 heterocycles. The van der Waals surface area contributed by atoms with E-state index in [-0.39, 0.29) is 0 Å². The Labute approximate surface area is 178 Å². The van der Waals surface area contributed by atoms with Gasteiger partial charge in [0, 0.05) is 25.5 Å². The highest BCUT2D eigenvalue weighted by atomic mass is 15.4. The number of hydrogen-bond acceptors (Lipinski definition) is 2. The average Bonchev–Trinajstić information content (AvgIpc) is 3.10. The van der Waals surface area contributed by atoms with Gasteiger partial charge in [0.25, 0.3) is 0 Å². The monoisotopic (exact) mass is 392 g/mol. The summed E-state index contributed by atoms with van der Waals surface area (Å²) in [6, 6.07) is 0. The van der Waals surface area contributed by atoms with Gasteiger partial charge in [0.15, 0.2) is 0 Å². The third-order valence-electron chi connectivity index (χ3n) is 6.42. The van der Waals surface area contributed by atoms with Crippen molar-refractivity contribution in [3.05, 3.63) is 12.4 Å². The van der Waals surface area contributed by atoms with E-state index in [9.17, 15) is 0 Å². The number of hydrogen-bond donors (Lipinski definition) is 0. The molecule has 0 saturated carbocycles. The summed E-state index contributed by atoms with van der Waals surface area (Å²) >= 11 is 0. The van der Waals surface area contributed by atoms with Crippen molar-refractivity contribution in [1.82, 2.24) is 9.80 Å². The zero-order chi connectivity index (χ0) is 20.3. The first-order valence-corrected chi connectivity index (χ1v) is 13.0. The number of nitrogens with zero attached hydrogens (tertiary/aromatic N) is 2. The van der Waals surface area contributed by atoms with Crippen LogP contribution in [0.3, 0.4) is 0 Å². The lowest BCUT2D eigenvalue weighted by Crippen LogP contribution is -2.38. The minimum absolute atomic E-state index is 0.638. The van der Waals surface area contributed by atoms with Crippen LogP contribution in [0.25, 0.3) is 0 Å². The summed E-state index contributed by atoms with van der Waals surface area (Å²) in [5, 5.41) is 0. The summed E-state index contributed by atoms with van der Waals surface area (Å²) in [4.78, 5) is 5.18. The van der Waals surface area contributed by atoms with E-state index < -0.39 is 0 Å². The number of rotatable bonds is 20. The predicted octanol–water partition coefficient (Wildman–Crippen LogP) is 8.48. The molecule has 166 valence electrons. The molecule has 1 atom stereocenters. The summed E-state index contributed by atoms with van der Waals surface area (Å²) in [5.74, 6) is 0. The van der Waals surface area contributed by atoms with E-state index in [1.807, 2.05) is 0 Å². The normalized spacial score (nSPS) is 16.5. The quantitative estimate of drug-likeness (QED) is 0.192. The Morgan fingerprint density at radius 2 is 0.929 bits per heavy atom. The fourth-order valence-corrected chi connectivity index (χ4v) is 4.50. The Kier molecular flexibility index (Phi) is 16.7. The molecule has 0 aromatic rings. The molecular formula is C26H52N2. The second-order valence-electron chi connectivity index (χ2n) is 8.94. The van der Waals surface area contributed by atoms with Gasteiger partial charge < -0.3 is 9.80 Å². The van der Waals surface area contributed by atoms with E-state index in [1.54, 1.807) is 0 Å². The summed E-state index contributed by atoms with van der Waals surface area (Å²) < 4.78 is 0. The molecule has 0 aliphatic carbocycles. The topological polar surface area (TPSA) is 6.48 Å². The molecule has 1 rings (SSSR count). The third kappa shape index (κ3) is 12.0. The molecule has 0 radical (unpaired) electrons. The SMILES string of the molecule is CCCCCCCCCCCCC1N(CC)C=CN1CCCCCCCCC. The predicted molar refractivity (Wildman–Crippen MR) is 126 cm³/mol. The second kappa shape index (κ2) is 18.4. The van der Waals surface area contributed by atoms with Crippen molar-refractivity contribution in [2.24, 2.45) is 0 Å². The Hall–Kier alpha value is -0.660. The van der Waals surface area contributed by atoms with Crippen LogP contribution in [-0.4, -0.2) is 29.1 Å². The van der Waals surface area contributed by atoms with Crippen LogP contribution in [0, 0.1) is 0 Å². The molecule has 0 aromatic heterocycles. The van der Waals surface area contributed by atoms with Gasteiger partial charge in [-0.25, -0.2) is 0 Å². The van der Waals surface area contributed by atoms with Gasteiger partial charge in [0.05, 0.1) is 0 Å². The lowest BCUT2D eigenvalue weighted by molar-refractivity contribution is 0.142. The van der Waals surface area contributed by atoms with Crippen LogP contribution in [0.15, 0.2) is 12.4 Å². The van der Waals surface area contributed by atoms with Crippen LogP contribution < -0.4 is 0 Å². The van der Waals surface area contributed by atoms with Crippen molar-refractivity contribution in [3.63, 3.8) is 0 Å². The smallest absolute Gasteiger partial charge is 0.101 e. The number of unbranched alkanes of at least 4 members (excludes halogenated alkanes) is 15. The highest BCUT2D eigenvalue weighted by Crippen LogP contribution is 2.22. The molecule has 1 unspecified atom stereocenters. The zero-order valence-electron chi connectivity index (χ0n) is 19.8. The summed E-state index contributed by atoms with van der Waals surface area (Å²) in [7, 11) is 0. The molecule has 2 nitrogen and oxygen atoms in total. The van der Waals surface area contributed by atoms with Gasteiger partial charge in [-0.1, -0.05) is 110 Å². The maximum Gasteiger partial charge on any atom is 0.101 e. The molecule has 0 saturated heterocycles. The molecule has 0 bridgehead atoms. The van der Waals surface area contributed by atoms with Gasteiger partial charge in [0.2, 0.25) is 0 Å². The van der Waals surface area contributed by atoms with E-state index in [2.05, 4.69) is 43.0 Å². The van der Waals surface area contributed by atoms with E-state index in [0.717, 1.165) is 6.54 Å². The Bertz CT molecular complexity index is 352. The van der Waals surface area contributed by atoms with Gasteiger partial charge in [0.1, 0.15) is 6.17 Å². The first-order chi connectivity index (χ1) is 13.8. The van der Waals surface area contributed by atoms with Crippen molar-refractivity contribution < 1.29 is 0 Å². The van der Waals surface area contributed by atoms with Gasteiger partial charge in [-0.3, -0.25) is 0 Å². The molecule has 1 aliphatic rings. The minimum atomic E-state index is 0.638. The molecule has 2 heteroatoms. The Balaban J connectivity index is 2.06. The van der Waals surface area contributed by atoms with Gasteiger partial charge in [-0.15, -0.1) is 0 Å². The molecule has 0 aromatic carbocycles. The van der Waals surface area contributed by atoms with Crippen molar-refractivity contribution in [2.75, 3.05) is 13.1 Å². The first kappa shape index (κ1) is 25.4.